The standard InChI is InChI=1S/C22H19N3O3/c1-3-28-16-10-8-15(9-11-16)20-19-17(22(26)27)12-18(23-21(19)25-24-20)14-6-4-13(2)5-7-14/h4-12H,3H2,1-2H3,(H,26,27)(H,23,24,25). The Balaban J connectivity index is 1.86. The number of carboxylic acids is 1. The Hall–Kier alpha value is -3.67. The summed E-state index contributed by atoms with van der Waals surface area (Å²) in [5, 5.41) is 17.5. The van der Waals surface area contributed by atoms with Crippen LogP contribution in [-0.4, -0.2) is 32.9 Å². The lowest BCUT2D eigenvalue weighted by atomic mass is 10.0. The number of hydrogen-bond donors (Lipinski definition) is 2. The molecule has 0 aliphatic heterocycles. The van der Waals surface area contributed by atoms with Crippen LogP contribution in [0.3, 0.4) is 0 Å². The molecule has 0 saturated carbocycles. The fourth-order valence-electron chi connectivity index (χ4n) is 3.16. The van der Waals surface area contributed by atoms with Crippen LogP contribution in [0.4, 0.5) is 0 Å². The zero-order valence-electron chi connectivity index (χ0n) is 15.6. The molecule has 140 valence electrons. The van der Waals surface area contributed by atoms with Crippen LogP contribution < -0.4 is 4.74 Å². The number of aromatic amines is 1. The van der Waals surface area contributed by atoms with Gasteiger partial charge in [-0.15, -0.1) is 0 Å². The fourth-order valence-corrected chi connectivity index (χ4v) is 3.16. The summed E-state index contributed by atoms with van der Waals surface area (Å²) in [4.78, 5) is 16.6. The average Bonchev–Trinajstić information content (AvgIpc) is 3.12. The molecule has 4 aromatic rings. The molecule has 6 heteroatoms. The zero-order valence-corrected chi connectivity index (χ0v) is 15.6. The lowest BCUT2D eigenvalue weighted by Crippen LogP contribution is -2.00. The van der Waals surface area contributed by atoms with Crippen molar-refractivity contribution in [3.05, 3.63) is 65.7 Å². The van der Waals surface area contributed by atoms with Crippen LogP contribution in [0.25, 0.3) is 33.5 Å². The normalized spacial score (nSPS) is 10.9. The molecule has 0 atom stereocenters. The molecule has 4 rings (SSSR count). The van der Waals surface area contributed by atoms with Gasteiger partial charge in [0.15, 0.2) is 5.65 Å². The highest BCUT2D eigenvalue weighted by atomic mass is 16.5. The number of aromatic nitrogens is 3. The van der Waals surface area contributed by atoms with Crippen molar-refractivity contribution >= 4 is 17.0 Å². The van der Waals surface area contributed by atoms with Crippen molar-refractivity contribution in [2.45, 2.75) is 13.8 Å². The highest BCUT2D eigenvalue weighted by Gasteiger charge is 2.19. The molecule has 2 aromatic heterocycles. The second kappa shape index (κ2) is 7.15. The molecule has 2 N–H and O–H groups in total. The first kappa shape index (κ1) is 17.7. The van der Waals surface area contributed by atoms with Gasteiger partial charge < -0.3 is 9.84 Å². The van der Waals surface area contributed by atoms with Gasteiger partial charge in [-0.05, 0) is 44.2 Å². The monoisotopic (exact) mass is 373 g/mol. The summed E-state index contributed by atoms with van der Waals surface area (Å²) in [7, 11) is 0. The third-order valence-corrected chi connectivity index (χ3v) is 4.56. The first-order chi connectivity index (χ1) is 13.6. The number of H-pyrrole nitrogens is 1. The summed E-state index contributed by atoms with van der Waals surface area (Å²) in [5.74, 6) is -0.261. The number of rotatable bonds is 5. The molecule has 0 amide bonds. The van der Waals surface area contributed by atoms with Gasteiger partial charge in [-0.25, -0.2) is 9.78 Å². The van der Waals surface area contributed by atoms with Crippen molar-refractivity contribution in [2.75, 3.05) is 6.61 Å². The highest BCUT2D eigenvalue weighted by molar-refractivity contribution is 6.08. The smallest absolute Gasteiger partial charge is 0.336 e. The summed E-state index contributed by atoms with van der Waals surface area (Å²) in [5.41, 5.74) is 4.53. The van der Waals surface area contributed by atoms with Gasteiger partial charge in [0.05, 0.1) is 28.9 Å². The molecule has 0 unspecified atom stereocenters. The Bertz CT molecular complexity index is 1150. The van der Waals surface area contributed by atoms with E-state index in [1.165, 1.54) is 0 Å². The quantitative estimate of drug-likeness (QED) is 0.529. The number of hydrogen-bond acceptors (Lipinski definition) is 4. The predicted octanol–water partition coefficient (Wildman–Crippen LogP) is 4.70. The largest absolute Gasteiger partial charge is 0.494 e. The van der Waals surface area contributed by atoms with Gasteiger partial charge in [0.25, 0.3) is 0 Å². The number of aryl methyl sites for hydroxylation is 1. The van der Waals surface area contributed by atoms with E-state index in [0.717, 1.165) is 22.4 Å². The minimum atomic E-state index is -1.02. The molecule has 6 nitrogen and oxygen atoms in total. The van der Waals surface area contributed by atoms with E-state index in [1.807, 2.05) is 62.4 Å². The summed E-state index contributed by atoms with van der Waals surface area (Å²) in [6.07, 6.45) is 0. The first-order valence-corrected chi connectivity index (χ1v) is 8.99. The van der Waals surface area contributed by atoms with E-state index in [9.17, 15) is 9.90 Å². The number of fused-ring (bicyclic) bond motifs is 1. The molecule has 0 saturated heterocycles. The SMILES string of the molecule is CCOc1ccc(-c2[nH]nc3nc(-c4ccc(C)cc4)cc(C(=O)O)c23)cc1. The summed E-state index contributed by atoms with van der Waals surface area (Å²) >= 11 is 0. The summed E-state index contributed by atoms with van der Waals surface area (Å²) < 4.78 is 5.47. The average molecular weight is 373 g/mol. The van der Waals surface area contributed by atoms with Crippen LogP contribution in [0.2, 0.25) is 0 Å². The van der Waals surface area contributed by atoms with E-state index >= 15 is 0 Å². The minimum Gasteiger partial charge on any atom is -0.494 e. The Morgan fingerprint density at radius 2 is 1.75 bits per heavy atom. The Kier molecular flexibility index (Phi) is 4.53. The fraction of sp³-hybridized carbons (Fsp3) is 0.136. The van der Waals surface area contributed by atoms with E-state index in [2.05, 4.69) is 15.2 Å². The molecule has 0 aliphatic carbocycles. The molecular formula is C22H19N3O3. The third kappa shape index (κ3) is 3.20. The molecule has 0 radical (unpaired) electrons. The molecule has 2 heterocycles. The number of pyridine rings is 1. The van der Waals surface area contributed by atoms with Crippen molar-refractivity contribution < 1.29 is 14.6 Å². The summed E-state index contributed by atoms with van der Waals surface area (Å²) in [6, 6.07) is 16.8. The second-order valence-electron chi connectivity index (χ2n) is 6.48. The molecule has 0 aliphatic rings. The number of aromatic carboxylic acids is 1. The third-order valence-electron chi connectivity index (χ3n) is 4.56. The topological polar surface area (TPSA) is 88.1 Å². The van der Waals surface area contributed by atoms with Crippen LogP contribution in [0.15, 0.2) is 54.6 Å². The van der Waals surface area contributed by atoms with Gasteiger partial charge in [0, 0.05) is 11.1 Å². The maximum Gasteiger partial charge on any atom is 0.336 e. The first-order valence-electron chi connectivity index (χ1n) is 8.99. The van der Waals surface area contributed by atoms with Crippen LogP contribution in [0.1, 0.15) is 22.8 Å². The van der Waals surface area contributed by atoms with Gasteiger partial charge >= 0.3 is 5.97 Å². The van der Waals surface area contributed by atoms with Crippen molar-refractivity contribution in [1.82, 2.24) is 15.2 Å². The van der Waals surface area contributed by atoms with Crippen LogP contribution in [-0.2, 0) is 0 Å². The number of carbonyl (C=O) groups is 1. The number of benzene rings is 2. The molecule has 28 heavy (non-hydrogen) atoms. The molecule has 0 fully saturated rings. The van der Waals surface area contributed by atoms with Gasteiger partial charge in [-0.1, -0.05) is 29.8 Å². The van der Waals surface area contributed by atoms with Crippen molar-refractivity contribution in [3.63, 3.8) is 0 Å². The second-order valence-corrected chi connectivity index (χ2v) is 6.48. The molecule has 2 aromatic carbocycles. The van der Waals surface area contributed by atoms with Gasteiger partial charge in [-0.3, -0.25) is 5.10 Å². The maximum atomic E-state index is 12.0. The lowest BCUT2D eigenvalue weighted by molar-refractivity contribution is 0.0699. The van der Waals surface area contributed by atoms with Crippen molar-refractivity contribution in [3.8, 4) is 28.3 Å². The van der Waals surface area contributed by atoms with E-state index in [1.54, 1.807) is 6.07 Å². The van der Waals surface area contributed by atoms with Crippen molar-refractivity contribution in [1.29, 1.82) is 0 Å². The zero-order chi connectivity index (χ0) is 19.7. The van der Waals surface area contributed by atoms with Gasteiger partial charge in [0.2, 0.25) is 0 Å². The molecular weight excluding hydrogens is 354 g/mol. The minimum absolute atomic E-state index is 0.165. The van der Waals surface area contributed by atoms with Gasteiger partial charge in [-0.2, -0.15) is 5.10 Å². The number of nitrogens with zero attached hydrogens (tertiary/aromatic N) is 2. The van der Waals surface area contributed by atoms with E-state index in [0.29, 0.717) is 29.0 Å². The Morgan fingerprint density at radius 3 is 2.39 bits per heavy atom. The highest BCUT2D eigenvalue weighted by Crippen LogP contribution is 2.32. The van der Waals surface area contributed by atoms with E-state index < -0.39 is 5.97 Å². The van der Waals surface area contributed by atoms with E-state index in [-0.39, 0.29) is 5.56 Å². The van der Waals surface area contributed by atoms with Crippen LogP contribution in [0, 0.1) is 6.92 Å². The number of carboxylic acid groups (broad SMARTS) is 1. The Morgan fingerprint density at radius 1 is 1.07 bits per heavy atom. The van der Waals surface area contributed by atoms with Crippen LogP contribution in [0.5, 0.6) is 5.75 Å². The Labute approximate surface area is 161 Å². The molecule has 0 spiro atoms. The van der Waals surface area contributed by atoms with Crippen LogP contribution >= 0.6 is 0 Å². The number of nitrogens with one attached hydrogen (secondary N) is 1. The maximum absolute atomic E-state index is 12.0. The lowest BCUT2D eigenvalue weighted by Gasteiger charge is -2.07. The van der Waals surface area contributed by atoms with Crippen molar-refractivity contribution in [2.24, 2.45) is 0 Å². The predicted molar refractivity (Wildman–Crippen MR) is 108 cm³/mol. The number of ether oxygens (including phenoxy) is 1. The molecule has 0 bridgehead atoms. The van der Waals surface area contributed by atoms with Gasteiger partial charge in [0.1, 0.15) is 5.75 Å². The summed E-state index contributed by atoms with van der Waals surface area (Å²) in [6.45, 7) is 4.51. The van der Waals surface area contributed by atoms with E-state index in [4.69, 9.17) is 4.74 Å².